The van der Waals surface area contributed by atoms with Crippen LogP contribution in [0.3, 0.4) is 0 Å². The van der Waals surface area contributed by atoms with Crippen molar-refractivity contribution in [3.63, 3.8) is 0 Å². The van der Waals surface area contributed by atoms with E-state index >= 15 is 0 Å². The van der Waals surface area contributed by atoms with E-state index in [9.17, 15) is 24.3 Å². The molecule has 2 aromatic rings. The van der Waals surface area contributed by atoms with Gasteiger partial charge < -0.3 is 10.0 Å². The molecule has 176 valence electrons. The lowest BCUT2D eigenvalue weighted by Crippen LogP contribution is -2.51. The first-order chi connectivity index (χ1) is 16.3. The van der Waals surface area contributed by atoms with Crippen LogP contribution in [0.25, 0.3) is 0 Å². The molecule has 1 aliphatic carbocycles. The summed E-state index contributed by atoms with van der Waals surface area (Å²) in [5.41, 5.74) is 3.07. The lowest BCUT2D eigenvalue weighted by molar-refractivity contribution is -0.140. The van der Waals surface area contributed by atoms with Gasteiger partial charge in [0.2, 0.25) is 11.8 Å². The third-order valence-corrected chi connectivity index (χ3v) is 8.48. The number of aromatic carboxylic acids is 1. The predicted molar refractivity (Wildman–Crippen MR) is 128 cm³/mol. The summed E-state index contributed by atoms with van der Waals surface area (Å²) in [6, 6.07) is 11.9. The van der Waals surface area contributed by atoms with E-state index < -0.39 is 10.8 Å². The number of amides is 3. The van der Waals surface area contributed by atoms with Gasteiger partial charge in [0.25, 0.3) is 5.91 Å². The van der Waals surface area contributed by atoms with E-state index in [0.717, 1.165) is 43.2 Å². The average molecular weight is 479 g/mol. The molecule has 0 bridgehead atoms. The topological polar surface area (TPSA) is 95.0 Å². The monoisotopic (exact) mass is 478 g/mol. The zero-order valence-electron chi connectivity index (χ0n) is 19.0. The number of fused-ring (bicyclic) bond motifs is 2. The second-order valence-electron chi connectivity index (χ2n) is 9.25. The van der Waals surface area contributed by atoms with Gasteiger partial charge in [-0.15, -0.1) is 11.8 Å². The van der Waals surface area contributed by atoms with Crippen LogP contribution >= 0.6 is 11.8 Å². The van der Waals surface area contributed by atoms with Gasteiger partial charge in [-0.1, -0.05) is 49.1 Å². The highest BCUT2D eigenvalue weighted by atomic mass is 32.2. The average Bonchev–Trinajstić information content (AvgIpc) is 3.29. The Bertz CT molecular complexity index is 1190. The molecule has 8 heteroatoms. The molecule has 3 aliphatic rings. The van der Waals surface area contributed by atoms with Gasteiger partial charge in [0.1, 0.15) is 0 Å². The third kappa shape index (κ3) is 3.52. The molecular weight excluding hydrogens is 452 g/mol. The first-order valence-electron chi connectivity index (χ1n) is 11.6. The molecule has 1 saturated carbocycles. The quantitative estimate of drug-likeness (QED) is 0.666. The molecule has 1 spiro atoms. The summed E-state index contributed by atoms with van der Waals surface area (Å²) in [6.07, 6.45) is 4.63. The number of anilines is 1. The number of imide groups is 1. The normalized spacial score (nSPS) is 22.5. The van der Waals surface area contributed by atoms with Crippen LogP contribution in [0.2, 0.25) is 0 Å². The molecule has 34 heavy (non-hydrogen) atoms. The Morgan fingerprint density at radius 2 is 1.76 bits per heavy atom. The Morgan fingerprint density at radius 3 is 2.44 bits per heavy atom. The van der Waals surface area contributed by atoms with Crippen LogP contribution < -0.4 is 4.90 Å². The maximum Gasteiger partial charge on any atom is 0.335 e. The highest BCUT2D eigenvalue weighted by Crippen LogP contribution is 2.55. The largest absolute Gasteiger partial charge is 0.478 e. The highest BCUT2D eigenvalue weighted by Gasteiger charge is 2.62. The van der Waals surface area contributed by atoms with Crippen molar-refractivity contribution in [3.05, 3.63) is 64.7 Å². The molecule has 1 N–H and O–H groups in total. The van der Waals surface area contributed by atoms with Crippen molar-refractivity contribution >= 4 is 41.1 Å². The number of carbonyl (C=O) groups is 4. The molecule has 2 fully saturated rings. The first-order valence-corrected chi connectivity index (χ1v) is 12.6. The standard InChI is InChI=1S/C26H26N2O5S/c1-16-7-12-21-20(13-16)26(25(33)28(21)23(30)18-5-3-2-4-6-18)27(22(29)15-34-26)14-17-8-10-19(11-9-17)24(31)32/h7-13,18H,2-6,14-15H2,1H3,(H,31,32). The number of carboxylic acids is 1. The number of hydrogen-bond acceptors (Lipinski definition) is 5. The molecule has 1 unspecified atom stereocenters. The summed E-state index contributed by atoms with van der Waals surface area (Å²) >= 11 is 1.26. The van der Waals surface area contributed by atoms with Crippen LogP contribution in [0.5, 0.6) is 0 Å². The summed E-state index contributed by atoms with van der Waals surface area (Å²) in [4.78, 5) is 53.6. The van der Waals surface area contributed by atoms with Crippen molar-refractivity contribution < 1.29 is 24.3 Å². The summed E-state index contributed by atoms with van der Waals surface area (Å²) in [5.74, 6) is -1.79. The van der Waals surface area contributed by atoms with Crippen molar-refractivity contribution in [2.24, 2.45) is 5.92 Å². The van der Waals surface area contributed by atoms with Crippen LogP contribution in [0, 0.1) is 12.8 Å². The fourth-order valence-electron chi connectivity index (χ4n) is 5.28. The summed E-state index contributed by atoms with van der Waals surface area (Å²) in [6.45, 7) is 2.08. The minimum atomic E-state index is -1.30. The number of thioether (sulfide) groups is 1. The Labute approximate surface area is 202 Å². The van der Waals surface area contributed by atoms with Crippen LogP contribution in [0.4, 0.5) is 5.69 Å². The predicted octanol–water partition coefficient (Wildman–Crippen LogP) is 4.08. The number of carboxylic acid groups (broad SMARTS) is 1. The van der Waals surface area contributed by atoms with E-state index in [1.807, 2.05) is 25.1 Å². The molecule has 5 rings (SSSR count). The fraction of sp³-hybridized carbons (Fsp3) is 0.385. The molecule has 2 aliphatic heterocycles. The summed E-state index contributed by atoms with van der Waals surface area (Å²) in [7, 11) is 0. The number of benzene rings is 2. The minimum Gasteiger partial charge on any atom is -0.478 e. The minimum absolute atomic E-state index is 0.137. The van der Waals surface area contributed by atoms with Crippen molar-refractivity contribution in [1.82, 2.24) is 4.90 Å². The van der Waals surface area contributed by atoms with E-state index in [0.29, 0.717) is 11.3 Å². The van der Waals surface area contributed by atoms with Crippen LogP contribution in [0.1, 0.15) is 59.2 Å². The number of nitrogens with zero attached hydrogens (tertiary/aromatic N) is 2. The summed E-state index contributed by atoms with van der Waals surface area (Å²) in [5, 5.41) is 9.18. The molecule has 7 nitrogen and oxygen atoms in total. The molecule has 3 amide bonds. The lowest BCUT2D eigenvalue weighted by atomic mass is 9.88. The Hall–Kier alpha value is -3.13. The Morgan fingerprint density at radius 1 is 1.06 bits per heavy atom. The first kappa shape index (κ1) is 22.7. The van der Waals surface area contributed by atoms with Crippen molar-refractivity contribution in [2.75, 3.05) is 10.7 Å². The van der Waals surface area contributed by atoms with Crippen molar-refractivity contribution in [1.29, 1.82) is 0 Å². The molecule has 1 atom stereocenters. The zero-order valence-corrected chi connectivity index (χ0v) is 19.8. The van der Waals surface area contributed by atoms with Gasteiger partial charge in [-0.2, -0.15) is 0 Å². The maximum absolute atomic E-state index is 14.1. The molecular formula is C26H26N2O5S. The smallest absolute Gasteiger partial charge is 0.335 e. The van der Waals surface area contributed by atoms with E-state index in [2.05, 4.69) is 0 Å². The van der Waals surface area contributed by atoms with Crippen molar-refractivity contribution in [2.45, 2.75) is 50.4 Å². The second-order valence-corrected chi connectivity index (χ2v) is 10.4. The van der Waals surface area contributed by atoms with Crippen LogP contribution in [0.15, 0.2) is 42.5 Å². The van der Waals surface area contributed by atoms with Gasteiger partial charge in [0.05, 0.1) is 17.0 Å². The number of carbonyl (C=O) groups excluding carboxylic acids is 3. The Balaban J connectivity index is 1.55. The maximum atomic E-state index is 14.1. The lowest BCUT2D eigenvalue weighted by Gasteiger charge is -2.33. The van der Waals surface area contributed by atoms with E-state index in [4.69, 9.17) is 0 Å². The van der Waals surface area contributed by atoms with Crippen LogP contribution in [-0.4, -0.2) is 39.5 Å². The van der Waals surface area contributed by atoms with Crippen molar-refractivity contribution in [3.8, 4) is 0 Å². The van der Waals surface area contributed by atoms with Crippen LogP contribution in [-0.2, 0) is 25.8 Å². The molecule has 0 aromatic heterocycles. The van der Waals surface area contributed by atoms with Gasteiger partial charge in [-0.05, 0) is 43.5 Å². The molecule has 1 saturated heterocycles. The zero-order chi connectivity index (χ0) is 24.0. The fourth-order valence-corrected chi connectivity index (χ4v) is 6.62. The summed E-state index contributed by atoms with van der Waals surface area (Å²) < 4.78 is 0. The molecule has 0 radical (unpaired) electrons. The molecule has 2 aromatic carbocycles. The highest BCUT2D eigenvalue weighted by molar-refractivity contribution is 8.02. The third-order valence-electron chi connectivity index (χ3n) is 7.05. The second kappa shape index (κ2) is 8.58. The van der Waals surface area contributed by atoms with Gasteiger partial charge >= 0.3 is 5.97 Å². The number of hydrogen-bond donors (Lipinski definition) is 1. The van der Waals surface area contributed by atoms with E-state index in [-0.39, 0.29) is 41.5 Å². The van der Waals surface area contributed by atoms with Gasteiger partial charge in [0.15, 0.2) is 4.87 Å². The van der Waals surface area contributed by atoms with Gasteiger partial charge in [-0.3, -0.25) is 14.4 Å². The van der Waals surface area contributed by atoms with Gasteiger partial charge in [-0.25, -0.2) is 9.69 Å². The number of aryl methyl sites for hydroxylation is 1. The van der Waals surface area contributed by atoms with Gasteiger partial charge in [0, 0.05) is 18.0 Å². The SMILES string of the molecule is Cc1ccc2c(c1)C1(SCC(=O)N1Cc1ccc(C(=O)O)cc1)C(=O)N2C(=O)C1CCCCC1. The Kier molecular flexibility index (Phi) is 5.72. The number of rotatable bonds is 4. The van der Waals surface area contributed by atoms with E-state index in [1.165, 1.54) is 28.8 Å². The molecule has 2 heterocycles. The van der Waals surface area contributed by atoms with E-state index in [1.54, 1.807) is 17.0 Å².